The average Bonchev–Trinajstić information content (AvgIpc) is 2.90. The predicted molar refractivity (Wildman–Crippen MR) is 83.5 cm³/mol. The Bertz CT molecular complexity index is 947. The fraction of sp³-hybridized carbons (Fsp3) is 0.154. The van der Waals surface area contributed by atoms with Crippen molar-refractivity contribution in [2.75, 3.05) is 6.54 Å². The quantitative estimate of drug-likeness (QED) is 0.686. The van der Waals surface area contributed by atoms with Crippen molar-refractivity contribution in [2.45, 2.75) is 11.3 Å². The zero-order valence-corrected chi connectivity index (χ0v) is 13.1. The van der Waals surface area contributed by atoms with Crippen molar-refractivity contribution < 1.29 is 8.42 Å². The number of hydrogen-bond acceptors (Lipinski definition) is 5. The second-order valence-electron chi connectivity index (χ2n) is 4.58. The third-order valence-electron chi connectivity index (χ3n) is 3.06. The maximum absolute atomic E-state index is 12.1. The highest BCUT2D eigenvalue weighted by Gasteiger charge is 2.13. The number of rotatable bonds is 5. The molecule has 22 heavy (non-hydrogen) atoms. The van der Waals surface area contributed by atoms with Crippen molar-refractivity contribution in [3.8, 4) is 0 Å². The first-order valence-corrected chi connectivity index (χ1v) is 8.43. The van der Waals surface area contributed by atoms with E-state index in [-0.39, 0.29) is 11.4 Å². The SMILES string of the molecule is O=S(=O)(NCCc1nnc2ccc(=S)[nH]n12)c1ccccc1. The summed E-state index contributed by atoms with van der Waals surface area (Å²) in [7, 11) is -3.51. The van der Waals surface area contributed by atoms with E-state index in [0.717, 1.165) is 0 Å². The van der Waals surface area contributed by atoms with Crippen LogP contribution in [-0.2, 0) is 16.4 Å². The van der Waals surface area contributed by atoms with Crippen LogP contribution in [0.1, 0.15) is 5.82 Å². The number of aromatic amines is 1. The summed E-state index contributed by atoms with van der Waals surface area (Å²) in [5, 5.41) is 11.0. The van der Waals surface area contributed by atoms with Gasteiger partial charge in [-0.1, -0.05) is 30.4 Å². The van der Waals surface area contributed by atoms with E-state index in [4.69, 9.17) is 12.2 Å². The standard InChI is InChI=1S/C13H13N5O2S2/c19-22(20,10-4-2-1-3-5-10)14-9-8-12-16-15-11-6-7-13(21)17-18(11)12/h1-7,14H,8-9H2,(H,17,21). The van der Waals surface area contributed by atoms with Crippen LogP contribution in [0.4, 0.5) is 0 Å². The van der Waals surface area contributed by atoms with Gasteiger partial charge in [-0.3, -0.25) is 5.10 Å². The normalized spacial score (nSPS) is 11.8. The van der Waals surface area contributed by atoms with E-state index >= 15 is 0 Å². The Morgan fingerprint density at radius 1 is 1.14 bits per heavy atom. The lowest BCUT2D eigenvalue weighted by molar-refractivity contribution is 0.580. The second-order valence-corrected chi connectivity index (χ2v) is 6.79. The zero-order valence-electron chi connectivity index (χ0n) is 11.4. The van der Waals surface area contributed by atoms with Crippen LogP contribution in [0.15, 0.2) is 47.4 Å². The van der Waals surface area contributed by atoms with Crippen molar-refractivity contribution in [1.29, 1.82) is 0 Å². The van der Waals surface area contributed by atoms with Crippen molar-refractivity contribution in [3.63, 3.8) is 0 Å². The summed E-state index contributed by atoms with van der Waals surface area (Å²) < 4.78 is 28.9. The summed E-state index contributed by atoms with van der Waals surface area (Å²) in [4.78, 5) is 0.237. The monoisotopic (exact) mass is 335 g/mol. The molecule has 2 aromatic heterocycles. The van der Waals surface area contributed by atoms with E-state index < -0.39 is 10.0 Å². The van der Waals surface area contributed by atoms with Gasteiger partial charge in [-0.05, 0) is 24.3 Å². The molecule has 0 spiro atoms. The van der Waals surface area contributed by atoms with E-state index in [1.807, 2.05) is 0 Å². The molecule has 1 aromatic carbocycles. The van der Waals surface area contributed by atoms with Gasteiger partial charge in [0.25, 0.3) is 0 Å². The van der Waals surface area contributed by atoms with Gasteiger partial charge in [0.2, 0.25) is 10.0 Å². The molecular formula is C13H13N5O2S2. The van der Waals surface area contributed by atoms with E-state index in [9.17, 15) is 8.42 Å². The smallest absolute Gasteiger partial charge is 0.240 e. The molecule has 2 N–H and O–H groups in total. The number of nitrogens with one attached hydrogen (secondary N) is 2. The molecule has 2 heterocycles. The Labute approximate surface area is 132 Å². The molecule has 0 aliphatic rings. The number of aromatic nitrogens is 4. The van der Waals surface area contributed by atoms with Gasteiger partial charge in [0, 0.05) is 13.0 Å². The first kappa shape index (κ1) is 14.8. The Kier molecular flexibility index (Phi) is 4.01. The molecule has 0 unspecified atom stereocenters. The average molecular weight is 335 g/mol. The highest BCUT2D eigenvalue weighted by Crippen LogP contribution is 2.07. The van der Waals surface area contributed by atoms with Gasteiger partial charge in [0.05, 0.1) is 4.90 Å². The maximum Gasteiger partial charge on any atom is 0.240 e. The molecule has 114 valence electrons. The van der Waals surface area contributed by atoms with Crippen LogP contribution >= 0.6 is 12.2 Å². The minimum Gasteiger partial charge on any atom is -0.281 e. The molecule has 3 rings (SSSR count). The largest absolute Gasteiger partial charge is 0.281 e. The minimum absolute atomic E-state index is 0.216. The fourth-order valence-electron chi connectivity index (χ4n) is 2.00. The Balaban J connectivity index is 1.73. The number of sulfonamides is 1. The summed E-state index contributed by atoms with van der Waals surface area (Å²) in [6.45, 7) is 0.216. The van der Waals surface area contributed by atoms with Crippen LogP contribution in [0.3, 0.4) is 0 Å². The summed E-state index contributed by atoms with van der Waals surface area (Å²) >= 11 is 5.06. The van der Waals surface area contributed by atoms with Crippen LogP contribution in [0.2, 0.25) is 0 Å². The maximum atomic E-state index is 12.1. The lowest BCUT2D eigenvalue weighted by Crippen LogP contribution is -2.26. The van der Waals surface area contributed by atoms with E-state index in [1.165, 1.54) is 0 Å². The number of fused-ring (bicyclic) bond motifs is 1. The molecule has 9 heteroatoms. The molecule has 0 saturated carbocycles. The Morgan fingerprint density at radius 3 is 2.68 bits per heavy atom. The van der Waals surface area contributed by atoms with Crippen LogP contribution in [0.25, 0.3) is 5.65 Å². The van der Waals surface area contributed by atoms with E-state index in [1.54, 1.807) is 47.0 Å². The van der Waals surface area contributed by atoms with Gasteiger partial charge in [-0.25, -0.2) is 17.7 Å². The Morgan fingerprint density at radius 2 is 1.91 bits per heavy atom. The first-order valence-electron chi connectivity index (χ1n) is 6.54. The lowest BCUT2D eigenvalue weighted by Gasteiger charge is -2.05. The first-order chi connectivity index (χ1) is 10.6. The van der Waals surface area contributed by atoms with Crippen molar-refractivity contribution >= 4 is 27.9 Å². The highest BCUT2D eigenvalue weighted by atomic mass is 32.2. The van der Waals surface area contributed by atoms with Crippen LogP contribution in [-0.4, -0.2) is 34.8 Å². The Hall–Kier alpha value is -2.10. The molecule has 0 saturated heterocycles. The molecule has 0 fully saturated rings. The van der Waals surface area contributed by atoms with Gasteiger partial charge < -0.3 is 0 Å². The molecule has 0 bridgehead atoms. The zero-order chi connectivity index (χ0) is 15.6. The van der Waals surface area contributed by atoms with Gasteiger partial charge >= 0.3 is 0 Å². The topological polar surface area (TPSA) is 92.2 Å². The minimum atomic E-state index is -3.51. The van der Waals surface area contributed by atoms with Gasteiger partial charge in [-0.15, -0.1) is 10.2 Å². The number of H-pyrrole nitrogens is 1. The van der Waals surface area contributed by atoms with Gasteiger partial charge in [0.1, 0.15) is 4.64 Å². The predicted octanol–water partition coefficient (Wildman–Crippen LogP) is 1.31. The van der Waals surface area contributed by atoms with E-state index in [0.29, 0.717) is 22.5 Å². The third kappa shape index (κ3) is 3.06. The van der Waals surface area contributed by atoms with Crippen molar-refractivity contribution in [1.82, 2.24) is 24.5 Å². The summed E-state index contributed by atoms with van der Waals surface area (Å²) in [5.41, 5.74) is 0.634. The fourth-order valence-corrected chi connectivity index (χ4v) is 3.21. The molecule has 0 aliphatic carbocycles. The van der Waals surface area contributed by atoms with Crippen molar-refractivity contribution in [2.24, 2.45) is 0 Å². The summed E-state index contributed by atoms with van der Waals surface area (Å²) in [5.74, 6) is 0.609. The molecule has 0 atom stereocenters. The molecule has 0 radical (unpaired) electrons. The van der Waals surface area contributed by atoms with Gasteiger partial charge in [-0.2, -0.15) is 0 Å². The highest BCUT2D eigenvalue weighted by molar-refractivity contribution is 7.89. The second kappa shape index (κ2) is 5.95. The molecule has 7 nitrogen and oxygen atoms in total. The number of hydrogen-bond donors (Lipinski definition) is 2. The summed E-state index contributed by atoms with van der Waals surface area (Å²) in [6.07, 6.45) is 0.391. The number of benzene rings is 1. The van der Waals surface area contributed by atoms with Crippen LogP contribution in [0, 0.1) is 4.64 Å². The van der Waals surface area contributed by atoms with Crippen LogP contribution < -0.4 is 4.72 Å². The lowest BCUT2D eigenvalue weighted by atomic mass is 10.4. The molecule has 0 aliphatic heterocycles. The van der Waals surface area contributed by atoms with E-state index in [2.05, 4.69) is 20.0 Å². The number of nitrogens with zero attached hydrogens (tertiary/aromatic N) is 3. The molecule has 3 aromatic rings. The molecular weight excluding hydrogens is 322 g/mol. The van der Waals surface area contributed by atoms with Gasteiger partial charge in [0.15, 0.2) is 11.5 Å². The van der Waals surface area contributed by atoms with Crippen LogP contribution in [0.5, 0.6) is 0 Å². The summed E-state index contributed by atoms with van der Waals surface area (Å²) in [6, 6.07) is 11.7. The third-order valence-corrected chi connectivity index (χ3v) is 4.76. The van der Waals surface area contributed by atoms with Crippen molar-refractivity contribution in [3.05, 3.63) is 52.9 Å². The molecule has 0 amide bonds.